The summed E-state index contributed by atoms with van der Waals surface area (Å²) < 4.78 is 0.910. The fraction of sp³-hybridized carbons (Fsp3) is 0.429. The van der Waals surface area contributed by atoms with E-state index in [1.54, 1.807) is 17.3 Å². The van der Waals surface area contributed by atoms with Crippen molar-refractivity contribution in [1.82, 2.24) is 9.88 Å². The van der Waals surface area contributed by atoms with Crippen LogP contribution in [0.2, 0.25) is 0 Å². The molecule has 108 valence electrons. The van der Waals surface area contributed by atoms with Gasteiger partial charge in [0.25, 0.3) is 5.91 Å². The number of unbranched alkanes of at least 4 members (excludes halogenated alkanes) is 1. The highest BCUT2D eigenvalue weighted by Gasteiger charge is 2.21. The van der Waals surface area contributed by atoms with Crippen LogP contribution in [-0.4, -0.2) is 40.6 Å². The number of anilines is 1. The van der Waals surface area contributed by atoms with E-state index in [-0.39, 0.29) is 12.5 Å². The van der Waals surface area contributed by atoms with Gasteiger partial charge < -0.3 is 15.7 Å². The number of rotatable bonds is 6. The SMILES string of the molecule is CCCCN(CCO)C(=O)c1sc2cnccc2c1N. The van der Waals surface area contributed by atoms with Crippen molar-refractivity contribution in [1.29, 1.82) is 0 Å². The van der Waals surface area contributed by atoms with Crippen LogP contribution in [0, 0.1) is 0 Å². The van der Waals surface area contributed by atoms with E-state index in [9.17, 15) is 4.79 Å². The number of nitrogens with two attached hydrogens (primary N) is 1. The first-order valence-corrected chi connectivity index (χ1v) is 7.52. The van der Waals surface area contributed by atoms with Crippen LogP contribution < -0.4 is 5.73 Å². The van der Waals surface area contributed by atoms with Gasteiger partial charge in [-0.05, 0) is 12.5 Å². The van der Waals surface area contributed by atoms with Gasteiger partial charge in [-0.15, -0.1) is 11.3 Å². The van der Waals surface area contributed by atoms with E-state index in [4.69, 9.17) is 10.8 Å². The molecule has 20 heavy (non-hydrogen) atoms. The highest BCUT2D eigenvalue weighted by atomic mass is 32.1. The number of nitrogens with zero attached hydrogens (tertiary/aromatic N) is 2. The summed E-state index contributed by atoms with van der Waals surface area (Å²) in [6, 6.07) is 1.82. The van der Waals surface area contributed by atoms with E-state index in [0.29, 0.717) is 23.7 Å². The molecule has 0 saturated carbocycles. The Kier molecular flexibility index (Phi) is 4.92. The first-order chi connectivity index (χ1) is 9.69. The molecule has 6 heteroatoms. The monoisotopic (exact) mass is 293 g/mol. The van der Waals surface area contributed by atoms with Crippen LogP contribution >= 0.6 is 11.3 Å². The molecule has 2 heterocycles. The summed E-state index contributed by atoms with van der Waals surface area (Å²) in [5.74, 6) is -0.105. The minimum Gasteiger partial charge on any atom is -0.397 e. The molecule has 0 spiro atoms. The quantitative estimate of drug-likeness (QED) is 0.855. The van der Waals surface area contributed by atoms with Gasteiger partial charge in [0.2, 0.25) is 0 Å². The Morgan fingerprint density at radius 1 is 1.50 bits per heavy atom. The van der Waals surface area contributed by atoms with Crippen LogP contribution in [-0.2, 0) is 0 Å². The second-order valence-corrected chi connectivity index (χ2v) is 5.64. The highest BCUT2D eigenvalue weighted by Crippen LogP contribution is 2.33. The van der Waals surface area contributed by atoms with Crippen molar-refractivity contribution in [2.75, 3.05) is 25.4 Å². The van der Waals surface area contributed by atoms with Crippen LogP contribution in [0.3, 0.4) is 0 Å². The van der Waals surface area contributed by atoms with Gasteiger partial charge in [0.05, 0.1) is 17.0 Å². The Balaban J connectivity index is 2.30. The van der Waals surface area contributed by atoms with E-state index >= 15 is 0 Å². The number of carbonyl (C=O) groups is 1. The summed E-state index contributed by atoms with van der Waals surface area (Å²) in [7, 11) is 0. The third-order valence-electron chi connectivity index (χ3n) is 3.16. The molecule has 0 aliphatic carbocycles. The largest absolute Gasteiger partial charge is 0.397 e. The molecule has 0 aliphatic heterocycles. The van der Waals surface area contributed by atoms with E-state index in [0.717, 1.165) is 22.9 Å². The summed E-state index contributed by atoms with van der Waals surface area (Å²) in [4.78, 5) is 18.8. The third-order valence-corrected chi connectivity index (χ3v) is 4.31. The van der Waals surface area contributed by atoms with Crippen LogP contribution in [0.1, 0.15) is 29.4 Å². The maximum Gasteiger partial charge on any atom is 0.266 e. The lowest BCUT2D eigenvalue weighted by molar-refractivity contribution is 0.0725. The Morgan fingerprint density at radius 3 is 2.95 bits per heavy atom. The Hall–Kier alpha value is -1.66. The topological polar surface area (TPSA) is 79.5 Å². The van der Waals surface area contributed by atoms with Crippen molar-refractivity contribution < 1.29 is 9.90 Å². The van der Waals surface area contributed by atoms with Crippen molar-refractivity contribution in [3.8, 4) is 0 Å². The zero-order chi connectivity index (χ0) is 14.5. The predicted molar refractivity (Wildman–Crippen MR) is 81.9 cm³/mol. The molecule has 0 unspecified atom stereocenters. The number of amides is 1. The number of hydrogen-bond donors (Lipinski definition) is 2. The summed E-state index contributed by atoms with van der Waals surface area (Å²) in [6.07, 6.45) is 5.30. The lowest BCUT2D eigenvalue weighted by atomic mass is 10.2. The number of fused-ring (bicyclic) bond motifs is 1. The van der Waals surface area contributed by atoms with Crippen LogP contribution in [0.15, 0.2) is 18.5 Å². The van der Waals surface area contributed by atoms with Crippen molar-refractivity contribution in [2.24, 2.45) is 0 Å². The minimum absolute atomic E-state index is 0.0399. The lowest BCUT2D eigenvalue weighted by Crippen LogP contribution is -2.34. The minimum atomic E-state index is -0.105. The second-order valence-electron chi connectivity index (χ2n) is 4.59. The normalized spacial score (nSPS) is 10.9. The first-order valence-electron chi connectivity index (χ1n) is 6.71. The summed E-state index contributed by atoms with van der Waals surface area (Å²) in [5, 5.41) is 9.98. The molecule has 2 rings (SSSR count). The number of hydrogen-bond acceptors (Lipinski definition) is 5. The average molecular weight is 293 g/mol. The Morgan fingerprint density at radius 2 is 2.30 bits per heavy atom. The summed E-state index contributed by atoms with van der Waals surface area (Å²) in [6.45, 7) is 3.01. The molecule has 0 atom stereocenters. The van der Waals surface area contributed by atoms with Crippen molar-refractivity contribution >= 4 is 33.0 Å². The van der Waals surface area contributed by atoms with Gasteiger partial charge in [0.1, 0.15) is 4.88 Å². The number of pyridine rings is 1. The standard InChI is InChI=1S/C14H19N3O2S/c1-2-3-6-17(7-8-18)14(19)13-12(15)10-4-5-16-9-11(10)20-13/h4-5,9,18H,2-3,6-8,15H2,1H3. The highest BCUT2D eigenvalue weighted by molar-refractivity contribution is 7.21. The van der Waals surface area contributed by atoms with E-state index in [1.165, 1.54) is 11.3 Å². The fourth-order valence-electron chi connectivity index (χ4n) is 2.06. The van der Waals surface area contributed by atoms with Gasteiger partial charge >= 0.3 is 0 Å². The molecule has 3 N–H and O–H groups in total. The number of thiophene rings is 1. The summed E-state index contributed by atoms with van der Waals surface area (Å²) >= 11 is 1.36. The smallest absolute Gasteiger partial charge is 0.266 e. The van der Waals surface area contributed by atoms with Crippen molar-refractivity contribution in [2.45, 2.75) is 19.8 Å². The third kappa shape index (κ3) is 2.91. The van der Waals surface area contributed by atoms with Gasteiger partial charge in [0, 0.05) is 30.9 Å². The molecular weight excluding hydrogens is 274 g/mol. The van der Waals surface area contributed by atoms with Crippen LogP contribution in [0.4, 0.5) is 5.69 Å². The molecule has 0 radical (unpaired) electrons. The Bertz CT molecular complexity index is 597. The van der Waals surface area contributed by atoms with Crippen LogP contribution in [0.25, 0.3) is 10.1 Å². The van der Waals surface area contributed by atoms with Gasteiger partial charge in [-0.2, -0.15) is 0 Å². The van der Waals surface area contributed by atoms with Crippen LogP contribution in [0.5, 0.6) is 0 Å². The number of nitrogen functional groups attached to an aromatic ring is 1. The van der Waals surface area contributed by atoms with Gasteiger partial charge in [-0.1, -0.05) is 13.3 Å². The average Bonchev–Trinajstić information content (AvgIpc) is 2.80. The van der Waals surface area contributed by atoms with Crippen molar-refractivity contribution in [3.63, 3.8) is 0 Å². The molecular formula is C14H19N3O2S. The first kappa shape index (κ1) is 14.7. The Labute approximate surface area is 122 Å². The van der Waals surface area contributed by atoms with E-state index in [2.05, 4.69) is 11.9 Å². The molecule has 0 aliphatic rings. The molecule has 5 nitrogen and oxygen atoms in total. The zero-order valence-corrected chi connectivity index (χ0v) is 12.3. The summed E-state index contributed by atoms with van der Waals surface area (Å²) in [5.41, 5.74) is 6.59. The maximum absolute atomic E-state index is 12.6. The second kappa shape index (κ2) is 6.67. The number of aliphatic hydroxyl groups excluding tert-OH is 1. The molecule has 0 bridgehead atoms. The number of carbonyl (C=O) groups excluding carboxylic acids is 1. The van der Waals surface area contributed by atoms with Crippen molar-refractivity contribution in [3.05, 3.63) is 23.3 Å². The fourth-order valence-corrected chi connectivity index (χ4v) is 3.12. The van der Waals surface area contributed by atoms with E-state index in [1.807, 2.05) is 6.07 Å². The molecule has 2 aromatic rings. The molecule has 0 saturated heterocycles. The van der Waals surface area contributed by atoms with Gasteiger partial charge in [-0.3, -0.25) is 9.78 Å². The van der Waals surface area contributed by atoms with Gasteiger partial charge in [0.15, 0.2) is 0 Å². The molecule has 0 fully saturated rings. The molecule has 1 amide bonds. The number of aromatic nitrogens is 1. The van der Waals surface area contributed by atoms with Gasteiger partial charge in [-0.25, -0.2) is 0 Å². The van der Waals surface area contributed by atoms with E-state index < -0.39 is 0 Å². The lowest BCUT2D eigenvalue weighted by Gasteiger charge is -2.21. The molecule has 0 aromatic carbocycles. The number of aliphatic hydroxyl groups is 1. The zero-order valence-electron chi connectivity index (χ0n) is 11.5. The maximum atomic E-state index is 12.6. The predicted octanol–water partition coefficient (Wildman–Crippen LogP) is 2.11. The molecule has 2 aromatic heterocycles.